The van der Waals surface area contributed by atoms with E-state index in [1.807, 2.05) is 12.1 Å². The number of benzene rings is 2. The van der Waals surface area contributed by atoms with Gasteiger partial charge in [0.05, 0.1) is 5.56 Å². The molecule has 4 heteroatoms. The summed E-state index contributed by atoms with van der Waals surface area (Å²) in [7, 11) is 0. The summed E-state index contributed by atoms with van der Waals surface area (Å²) < 4.78 is 11.9. The maximum atomic E-state index is 12.6. The monoisotopic (exact) mass is 361 g/mol. The van der Waals surface area contributed by atoms with Gasteiger partial charge in [-0.2, -0.15) is 0 Å². The van der Waals surface area contributed by atoms with Gasteiger partial charge in [-0.1, -0.05) is 30.3 Å². The number of fused-ring (bicyclic) bond motifs is 5. The van der Waals surface area contributed by atoms with Crippen molar-refractivity contribution in [2.45, 2.75) is 45.2 Å². The van der Waals surface area contributed by atoms with Gasteiger partial charge in [-0.3, -0.25) is 4.90 Å². The Balaban J connectivity index is 1.59. The molecule has 1 aliphatic carbocycles. The fraction of sp³-hybridized carbons (Fsp3) is 0.348. The van der Waals surface area contributed by atoms with Crippen molar-refractivity contribution in [3.63, 3.8) is 0 Å². The largest absolute Gasteiger partial charge is 0.478 e. The van der Waals surface area contributed by atoms with E-state index in [-0.39, 0.29) is 11.7 Å². The zero-order chi connectivity index (χ0) is 18.4. The van der Waals surface area contributed by atoms with E-state index in [4.69, 9.17) is 9.15 Å². The summed E-state index contributed by atoms with van der Waals surface area (Å²) in [4.78, 5) is 14.9. The van der Waals surface area contributed by atoms with Crippen molar-refractivity contribution in [1.82, 2.24) is 4.90 Å². The number of hydrogen-bond acceptors (Lipinski definition) is 4. The van der Waals surface area contributed by atoms with Gasteiger partial charge in [-0.05, 0) is 55.9 Å². The van der Waals surface area contributed by atoms with Gasteiger partial charge in [0.15, 0.2) is 0 Å². The van der Waals surface area contributed by atoms with Crippen LogP contribution >= 0.6 is 0 Å². The van der Waals surface area contributed by atoms with Crippen molar-refractivity contribution >= 4 is 11.0 Å². The van der Waals surface area contributed by atoms with E-state index in [1.165, 1.54) is 11.1 Å². The second kappa shape index (κ2) is 6.54. The van der Waals surface area contributed by atoms with Crippen LogP contribution in [0.25, 0.3) is 11.0 Å². The molecule has 138 valence electrons. The van der Waals surface area contributed by atoms with Gasteiger partial charge in [0.25, 0.3) is 0 Å². The van der Waals surface area contributed by atoms with Crippen LogP contribution in [0.3, 0.4) is 0 Å². The highest BCUT2D eigenvalue weighted by atomic mass is 16.5. The molecule has 2 heterocycles. The van der Waals surface area contributed by atoms with Crippen LogP contribution in [0.5, 0.6) is 5.75 Å². The van der Waals surface area contributed by atoms with E-state index in [0.29, 0.717) is 18.9 Å². The van der Waals surface area contributed by atoms with Crippen molar-refractivity contribution in [3.8, 4) is 5.75 Å². The van der Waals surface area contributed by atoms with Crippen molar-refractivity contribution in [2.75, 3.05) is 6.73 Å². The molecule has 0 saturated carbocycles. The van der Waals surface area contributed by atoms with Crippen LogP contribution in [-0.2, 0) is 19.4 Å². The van der Waals surface area contributed by atoms with Crippen LogP contribution in [0.4, 0.5) is 0 Å². The van der Waals surface area contributed by atoms with Crippen LogP contribution in [0.15, 0.2) is 51.7 Å². The highest BCUT2D eigenvalue weighted by Crippen LogP contribution is 2.37. The van der Waals surface area contributed by atoms with Crippen molar-refractivity contribution in [2.24, 2.45) is 0 Å². The molecule has 1 atom stereocenters. The van der Waals surface area contributed by atoms with Crippen LogP contribution in [0.2, 0.25) is 0 Å². The summed E-state index contributed by atoms with van der Waals surface area (Å²) in [6.45, 7) is 3.43. The Bertz CT molecular complexity index is 1050. The average Bonchev–Trinajstić information content (AvgIpc) is 2.73. The molecule has 0 unspecified atom stereocenters. The first-order chi connectivity index (χ1) is 13.2. The third-order valence-electron chi connectivity index (χ3n) is 6.03. The highest BCUT2D eigenvalue weighted by molar-refractivity contribution is 5.86. The third-order valence-corrected chi connectivity index (χ3v) is 6.03. The van der Waals surface area contributed by atoms with E-state index >= 15 is 0 Å². The van der Waals surface area contributed by atoms with Gasteiger partial charge in [-0.25, -0.2) is 4.79 Å². The fourth-order valence-electron chi connectivity index (χ4n) is 4.42. The van der Waals surface area contributed by atoms with Gasteiger partial charge in [0.2, 0.25) is 0 Å². The molecule has 27 heavy (non-hydrogen) atoms. The molecule has 2 aromatic carbocycles. The second-order valence-electron chi connectivity index (χ2n) is 7.58. The summed E-state index contributed by atoms with van der Waals surface area (Å²) in [5.74, 6) is 0.831. The van der Waals surface area contributed by atoms with Crippen molar-refractivity contribution in [3.05, 3.63) is 75.1 Å². The maximum absolute atomic E-state index is 12.6. The summed E-state index contributed by atoms with van der Waals surface area (Å²) in [5, 5.41) is 1.08. The zero-order valence-electron chi connectivity index (χ0n) is 15.5. The summed E-state index contributed by atoms with van der Waals surface area (Å²) in [6, 6.07) is 14.8. The van der Waals surface area contributed by atoms with Crippen molar-refractivity contribution in [1.29, 1.82) is 0 Å². The van der Waals surface area contributed by atoms with Gasteiger partial charge in [-0.15, -0.1) is 0 Å². The van der Waals surface area contributed by atoms with Gasteiger partial charge in [0, 0.05) is 23.5 Å². The Morgan fingerprint density at radius 2 is 1.74 bits per heavy atom. The molecular formula is C23H23NO3. The Kier molecular flexibility index (Phi) is 4.01. The number of hydrogen-bond donors (Lipinski definition) is 0. The van der Waals surface area contributed by atoms with Crippen LogP contribution in [0, 0.1) is 0 Å². The number of rotatable bonds is 2. The van der Waals surface area contributed by atoms with Gasteiger partial charge < -0.3 is 9.15 Å². The smallest absolute Gasteiger partial charge is 0.339 e. The molecule has 3 aromatic rings. The van der Waals surface area contributed by atoms with Gasteiger partial charge >= 0.3 is 5.63 Å². The second-order valence-corrected chi connectivity index (χ2v) is 7.58. The maximum Gasteiger partial charge on any atom is 0.339 e. The zero-order valence-corrected chi connectivity index (χ0v) is 15.5. The molecular weight excluding hydrogens is 338 g/mol. The highest BCUT2D eigenvalue weighted by Gasteiger charge is 2.27. The molecule has 1 aliphatic heterocycles. The Morgan fingerprint density at radius 3 is 2.56 bits per heavy atom. The summed E-state index contributed by atoms with van der Waals surface area (Å²) in [5.41, 5.74) is 4.85. The lowest BCUT2D eigenvalue weighted by Gasteiger charge is -2.34. The number of aryl methyl sites for hydroxylation is 1. The Hall–Kier alpha value is -2.59. The quantitative estimate of drug-likeness (QED) is 0.627. The fourth-order valence-corrected chi connectivity index (χ4v) is 4.42. The molecule has 0 amide bonds. The molecule has 0 bridgehead atoms. The van der Waals surface area contributed by atoms with E-state index in [9.17, 15) is 4.79 Å². The number of nitrogens with zero attached hydrogens (tertiary/aromatic N) is 1. The molecule has 0 spiro atoms. The predicted molar refractivity (Wildman–Crippen MR) is 105 cm³/mol. The first-order valence-electron chi connectivity index (χ1n) is 9.74. The van der Waals surface area contributed by atoms with E-state index in [0.717, 1.165) is 47.9 Å². The van der Waals surface area contributed by atoms with Crippen LogP contribution in [0.1, 0.15) is 48.1 Å². The minimum atomic E-state index is -0.168. The lowest BCUT2D eigenvalue weighted by atomic mass is 9.89. The van der Waals surface area contributed by atoms with E-state index in [1.54, 1.807) is 0 Å². The lowest BCUT2D eigenvalue weighted by molar-refractivity contribution is 0.0620. The molecule has 0 radical (unpaired) electrons. The molecule has 0 saturated heterocycles. The van der Waals surface area contributed by atoms with Crippen LogP contribution in [-0.4, -0.2) is 11.6 Å². The summed E-state index contributed by atoms with van der Waals surface area (Å²) in [6.07, 6.45) is 4.00. The minimum absolute atomic E-state index is 0.168. The SMILES string of the molecule is C[C@H](c1ccccc1)N1COc2ccc3c4c(c(=O)oc3c2C1)CCCC4. The molecule has 2 aliphatic rings. The summed E-state index contributed by atoms with van der Waals surface area (Å²) >= 11 is 0. The Labute approximate surface area is 158 Å². The Morgan fingerprint density at radius 1 is 0.963 bits per heavy atom. The number of ether oxygens (including phenoxy) is 1. The topological polar surface area (TPSA) is 42.7 Å². The third kappa shape index (κ3) is 2.76. The average molecular weight is 361 g/mol. The van der Waals surface area contributed by atoms with E-state index < -0.39 is 0 Å². The molecule has 1 aromatic heterocycles. The normalized spacial score (nSPS) is 17.8. The first-order valence-corrected chi connectivity index (χ1v) is 9.74. The molecule has 4 nitrogen and oxygen atoms in total. The molecule has 0 fully saturated rings. The molecule has 5 rings (SSSR count). The van der Waals surface area contributed by atoms with E-state index in [2.05, 4.69) is 42.2 Å². The predicted octanol–water partition coefficient (Wildman–Crippen LogP) is 4.58. The van der Waals surface area contributed by atoms with Gasteiger partial charge in [0.1, 0.15) is 18.1 Å². The van der Waals surface area contributed by atoms with Crippen molar-refractivity contribution < 1.29 is 9.15 Å². The van der Waals surface area contributed by atoms with Crippen LogP contribution < -0.4 is 10.4 Å². The minimum Gasteiger partial charge on any atom is -0.478 e. The lowest BCUT2D eigenvalue weighted by Crippen LogP contribution is -2.34. The first kappa shape index (κ1) is 16.6. The molecule has 0 N–H and O–H groups in total. The standard InChI is InChI=1S/C23H23NO3/c1-15(16-7-3-2-4-8-16)24-13-20-21(26-14-24)12-11-18-17-9-5-6-10-19(17)23(25)27-22(18)20/h2-4,7-8,11-12,15H,5-6,9-10,13-14H2,1H3/t15-/m1/s1.